The lowest BCUT2D eigenvalue weighted by atomic mass is 9.97. The summed E-state index contributed by atoms with van der Waals surface area (Å²) >= 11 is 0. The Morgan fingerprint density at radius 3 is 2.77 bits per heavy atom. The Morgan fingerprint density at radius 1 is 1.13 bits per heavy atom. The van der Waals surface area contributed by atoms with Gasteiger partial charge in [-0.05, 0) is 43.4 Å². The summed E-state index contributed by atoms with van der Waals surface area (Å²) in [6, 6.07) is 14.7. The molecule has 0 saturated carbocycles. The molecule has 4 aromatic rings. The van der Waals surface area contributed by atoms with Crippen LogP contribution in [-0.2, 0) is 24.1 Å². The van der Waals surface area contributed by atoms with Crippen LogP contribution in [-0.4, -0.2) is 25.7 Å². The minimum atomic E-state index is -0.196. The number of aromatic amines is 1. The van der Waals surface area contributed by atoms with Gasteiger partial charge in [0.2, 0.25) is 11.9 Å². The second kappa shape index (κ2) is 8.06. The van der Waals surface area contributed by atoms with Crippen LogP contribution >= 0.6 is 0 Å². The number of fused-ring (bicyclic) bond motifs is 1. The van der Waals surface area contributed by atoms with Gasteiger partial charge in [0.05, 0.1) is 18.4 Å². The molecule has 0 radical (unpaired) electrons. The van der Waals surface area contributed by atoms with E-state index in [1.807, 2.05) is 30.3 Å². The van der Waals surface area contributed by atoms with Crippen molar-refractivity contribution < 1.29 is 9.21 Å². The first kappa shape index (κ1) is 19.0. The van der Waals surface area contributed by atoms with Crippen LogP contribution in [0.3, 0.4) is 0 Å². The molecule has 0 spiro atoms. The van der Waals surface area contributed by atoms with E-state index in [0.29, 0.717) is 17.3 Å². The van der Waals surface area contributed by atoms with Crippen molar-refractivity contribution in [2.45, 2.75) is 32.1 Å². The molecule has 0 atom stereocenters. The Hall–Kier alpha value is -3.94. The van der Waals surface area contributed by atoms with Crippen LogP contribution in [0.4, 0.5) is 5.82 Å². The third kappa shape index (κ3) is 3.92. The first-order valence-corrected chi connectivity index (χ1v) is 10.3. The number of carbonyl (C=O) groups excluding carboxylic acids is 1. The lowest BCUT2D eigenvalue weighted by Gasteiger charge is -2.15. The number of H-pyrrole nitrogens is 1. The third-order valence-electron chi connectivity index (χ3n) is 5.34. The summed E-state index contributed by atoms with van der Waals surface area (Å²) in [6.45, 7) is 0. The summed E-state index contributed by atoms with van der Waals surface area (Å²) in [6.07, 6.45) is 5.25. The zero-order valence-corrected chi connectivity index (χ0v) is 16.8. The summed E-state index contributed by atoms with van der Waals surface area (Å²) in [5.41, 5.74) is 2.80. The average molecular weight is 415 g/mol. The first-order chi connectivity index (χ1) is 15.2. The molecule has 3 heterocycles. The van der Waals surface area contributed by atoms with E-state index in [4.69, 9.17) is 4.42 Å². The van der Waals surface area contributed by atoms with E-state index in [-0.39, 0.29) is 23.8 Å². The van der Waals surface area contributed by atoms with Crippen molar-refractivity contribution in [2.75, 3.05) is 5.32 Å². The molecule has 3 aromatic heterocycles. The standard InChI is InChI=1S/C23H21N5O3/c29-21(13-15-7-2-1-3-8-15)25-20-14-18(19-11-6-12-31-19)27-28(20)23-24-17-10-5-4-9-16(17)22(30)26-23/h1-3,6-8,11-12,14H,4-5,9-10,13H2,(H,25,29)(H,24,26,30). The lowest BCUT2D eigenvalue weighted by molar-refractivity contribution is -0.115. The molecule has 0 unspecified atom stereocenters. The number of nitrogens with one attached hydrogen (secondary N) is 2. The van der Waals surface area contributed by atoms with Crippen LogP contribution in [0.1, 0.15) is 29.7 Å². The molecule has 1 aliphatic rings. The summed E-state index contributed by atoms with van der Waals surface area (Å²) in [7, 11) is 0. The van der Waals surface area contributed by atoms with Gasteiger partial charge in [-0.15, -0.1) is 0 Å². The van der Waals surface area contributed by atoms with Crippen molar-refractivity contribution in [3.63, 3.8) is 0 Å². The van der Waals surface area contributed by atoms with Gasteiger partial charge in [-0.1, -0.05) is 30.3 Å². The van der Waals surface area contributed by atoms with Gasteiger partial charge in [0, 0.05) is 11.6 Å². The zero-order chi connectivity index (χ0) is 21.2. The molecule has 2 N–H and O–H groups in total. The van der Waals surface area contributed by atoms with Crippen LogP contribution in [0.15, 0.2) is 64.0 Å². The number of hydrogen-bond donors (Lipinski definition) is 2. The largest absolute Gasteiger partial charge is 0.463 e. The topological polar surface area (TPSA) is 106 Å². The van der Waals surface area contributed by atoms with E-state index in [1.165, 1.54) is 4.68 Å². The molecule has 0 aliphatic heterocycles. The van der Waals surface area contributed by atoms with Crippen LogP contribution in [0, 0.1) is 0 Å². The fraction of sp³-hybridized carbons (Fsp3) is 0.217. The molecular formula is C23H21N5O3. The van der Waals surface area contributed by atoms with E-state index in [0.717, 1.165) is 42.5 Å². The zero-order valence-electron chi connectivity index (χ0n) is 16.8. The molecule has 31 heavy (non-hydrogen) atoms. The fourth-order valence-corrected chi connectivity index (χ4v) is 3.84. The van der Waals surface area contributed by atoms with E-state index in [2.05, 4.69) is 20.4 Å². The molecule has 0 bridgehead atoms. The maximum atomic E-state index is 12.7. The molecule has 156 valence electrons. The first-order valence-electron chi connectivity index (χ1n) is 10.3. The number of aromatic nitrogens is 4. The highest BCUT2D eigenvalue weighted by atomic mass is 16.3. The quantitative estimate of drug-likeness (QED) is 0.520. The minimum Gasteiger partial charge on any atom is -0.463 e. The van der Waals surface area contributed by atoms with Gasteiger partial charge in [-0.3, -0.25) is 14.6 Å². The van der Waals surface area contributed by atoms with Gasteiger partial charge in [-0.25, -0.2) is 4.98 Å². The van der Waals surface area contributed by atoms with Gasteiger partial charge in [-0.2, -0.15) is 9.78 Å². The van der Waals surface area contributed by atoms with Crippen molar-refractivity contribution in [3.05, 3.63) is 82.0 Å². The van der Waals surface area contributed by atoms with Crippen LogP contribution in [0.25, 0.3) is 17.4 Å². The summed E-state index contributed by atoms with van der Waals surface area (Å²) in [5, 5.41) is 7.45. The summed E-state index contributed by atoms with van der Waals surface area (Å²) < 4.78 is 6.91. The number of anilines is 1. The third-order valence-corrected chi connectivity index (χ3v) is 5.34. The molecule has 1 aliphatic carbocycles. The van der Waals surface area contributed by atoms with Crippen molar-refractivity contribution in [3.8, 4) is 17.4 Å². The average Bonchev–Trinajstić information content (AvgIpc) is 3.44. The normalized spacial score (nSPS) is 13.0. The Labute approximate surface area is 178 Å². The lowest BCUT2D eigenvalue weighted by Crippen LogP contribution is -2.25. The Kier molecular flexibility index (Phi) is 4.95. The number of rotatable bonds is 5. The maximum absolute atomic E-state index is 12.7. The number of amides is 1. The SMILES string of the molecule is O=C(Cc1ccccc1)Nc1cc(-c2ccco2)nn1-c1nc2c(c(=O)[nH]1)CCCC2. The van der Waals surface area contributed by atoms with Crippen LogP contribution in [0.5, 0.6) is 0 Å². The molecule has 1 amide bonds. The number of hydrogen-bond acceptors (Lipinski definition) is 5. The Morgan fingerprint density at radius 2 is 1.97 bits per heavy atom. The van der Waals surface area contributed by atoms with Crippen molar-refractivity contribution >= 4 is 11.7 Å². The van der Waals surface area contributed by atoms with Gasteiger partial charge in [0.15, 0.2) is 5.76 Å². The van der Waals surface area contributed by atoms with Crippen LogP contribution < -0.4 is 10.9 Å². The monoisotopic (exact) mass is 415 g/mol. The van der Waals surface area contributed by atoms with Gasteiger partial charge >= 0.3 is 0 Å². The summed E-state index contributed by atoms with van der Waals surface area (Å²) in [5.74, 6) is 1.04. The van der Waals surface area contributed by atoms with Crippen molar-refractivity contribution in [2.24, 2.45) is 0 Å². The smallest absolute Gasteiger partial charge is 0.255 e. The number of aryl methyl sites for hydroxylation is 1. The molecule has 8 heteroatoms. The van der Waals surface area contributed by atoms with Crippen molar-refractivity contribution in [1.29, 1.82) is 0 Å². The second-order valence-corrected chi connectivity index (χ2v) is 7.54. The number of nitrogens with zero attached hydrogens (tertiary/aromatic N) is 3. The van der Waals surface area contributed by atoms with Gasteiger partial charge in [0.1, 0.15) is 11.5 Å². The molecule has 5 rings (SSSR count). The van der Waals surface area contributed by atoms with E-state index in [1.54, 1.807) is 24.5 Å². The van der Waals surface area contributed by atoms with Gasteiger partial charge in [0.25, 0.3) is 5.56 Å². The molecule has 8 nitrogen and oxygen atoms in total. The minimum absolute atomic E-state index is 0.156. The second-order valence-electron chi connectivity index (χ2n) is 7.54. The number of benzene rings is 1. The summed E-state index contributed by atoms with van der Waals surface area (Å²) in [4.78, 5) is 32.8. The van der Waals surface area contributed by atoms with Crippen molar-refractivity contribution in [1.82, 2.24) is 19.7 Å². The van der Waals surface area contributed by atoms with E-state index in [9.17, 15) is 9.59 Å². The predicted molar refractivity (Wildman–Crippen MR) is 115 cm³/mol. The number of furan rings is 1. The highest BCUT2D eigenvalue weighted by Crippen LogP contribution is 2.25. The Bertz CT molecular complexity index is 1270. The highest BCUT2D eigenvalue weighted by Gasteiger charge is 2.20. The van der Waals surface area contributed by atoms with E-state index >= 15 is 0 Å². The fourth-order valence-electron chi connectivity index (χ4n) is 3.84. The Balaban J connectivity index is 1.52. The molecule has 0 saturated heterocycles. The molecular weight excluding hydrogens is 394 g/mol. The number of carbonyl (C=O) groups is 1. The maximum Gasteiger partial charge on any atom is 0.255 e. The van der Waals surface area contributed by atoms with Gasteiger partial charge < -0.3 is 9.73 Å². The van der Waals surface area contributed by atoms with Crippen LogP contribution in [0.2, 0.25) is 0 Å². The highest BCUT2D eigenvalue weighted by molar-refractivity contribution is 5.92. The predicted octanol–water partition coefficient (Wildman–Crippen LogP) is 3.28. The molecule has 1 aromatic carbocycles. The molecule has 0 fully saturated rings. The van der Waals surface area contributed by atoms with E-state index < -0.39 is 0 Å².